The van der Waals surface area contributed by atoms with E-state index < -0.39 is 34.7 Å². The number of hydrogen-bond donors (Lipinski definition) is 2. The fourth-order valence-corrected chi connectivity index (χ4v) is 5.78. The fraction of sp³-hybridized carbons (Fsp3) is 0.667. The molecule has 4 nitrogen and oxygen atoms in total. The highest BCUT2D eigenvalue weighted by molar-refractivity contribution is 8.02. The summed E-state index contributed by atoms with van der Waals surface area (Å²) < 4.78 is 30.3. The normalized spacial score (nSPS) is 11.1. The summed E-state index contributed by atoms with van der Waals surface area (Å²) >= 11 is 2.17. The van der Waals surface area contributed by atoms with Crippen molar-refractivity contribution in [2.24, 2.45) is 0 Å². The second kappa shape index (κ2) is 16.4. The first-order valence-corrected chi connectivity index (χ1v) is 13.6. The molecule has 0 aromatic heterocycles. The fourth-order valence-electron chi connectivity index (χ4n) is 3.42. The monoisotopic (exact) mass is 490 g/mol. The number of hydrogen-bond acceptors (Lipinski definition) is 4. The van der Waals surface area contributed by atoms with Crippen LogP contribution in [0.4, 0.5) is 8.78 Å². The van der Waals surface area contributed by atoms with Crippen LogP contribution in [0.15, 0.2) is 9.79 Å². The maximum atomic E-state index is 15.1. The molecule has 2 N–H and O–H groups in total. The average Bonchev–Trinajstić information content (AvgIpc) is 2.74. The molecule has 0 fully saturated rings. The smallest absolute Gasteiger partial charge is 0.339 e. The van der Waals surface area contributed by atoms with Crippen LogP contribution in [0, 0.1) is 11.6 Å². The van der Waals surface area contributed by atoms with E-state index in [2.05, 4.69) is 13.8 Å². The number of rotatable bonds is 18. The number of thioether (sulfide) groups is 2. The lowest BCUT2D eigenvalue weighted by Crippen LogP contribution is -2.16. The van der Waals surface area contributed by atoms with Crippen LogP contribution in [-0.2, 0) is 0 Å². The zero-order valence-corrected chi connectivity index (χ0v) is 20.8. The van der Waals surface area contributed by atoms with Gasteiger partial charge in [-0.2, -0.15) is 0 Å². The Hall–Kier alpha value is -1.28. The minimum Gasteiger partial charge on any atom is -0.478 e. The topological polar surface area (TPSA) is 74.6 Å². The van der Waals surface area contributed by atoms with E-state index in [9.17, 15) is 19.8 Å². The lowest BCUT2D eigenvalue weighted by molar-refractivity contribution is 0.0640. The highest BCUT2D eigenvalue weighted by atomic mass is 32.2. The quantitative estimate of drug-likeness (QED) is 0.159. The lowest BCUT2D eigenvalue weighted by Gasteiger charge is -2.16. The largest absolute Gasteiger partial charge is 0.478 e. The number of halogens is 2. The van der Waals surface area contributed by atoms with Gasteiger partial charge in [-0.3, -0.25) is 0 Å². The van der Waals surface area contributed by atoms with E-state index in [-0.39, 0.29) is 9.79 Å². The molecule has 0 amide bonds. The molecule has 0 aliphatic rings. The molecule has 32 heavy (non-hydrogen) atoms. The SMILES string of the molecule is CCCCCCCCSc1c(F)c(C(=O)O)c(C(=O)O)c(F)c1SCCCCCCCC. The van der Waals surface area contributed by atoms with Gasteiger partial charge in [-0.05, 0) is 24.3 Å². The van der Waals surface area contributed by atoms with Gasteiger partial charge >= 0.3 is 11.9 Å². The van der Waals surface area contributed by atoms with Crippen LogP contribution in [0.5, 0.6) is 0 Å². The molecule has 0 aliphatic heterocycles. The molecule has 0 aliphatic carbocycles. The minimum atomic E-state index is -1.77. The Morgan fingerprint density at radius 1 is 0.625 bits per heavy atom. The number of carboxylic acids is 2. The predicted octanol–water partition coefficient (Wildman–Crippen LogP) is 8.27. The molecule has 0 radical (unpaired) electrons. The highest BCUT2D eigenvalue weighted by Crippen LogP contribution is 2.40. The van der Waals surface area contributed by atoms with E-state index in [0.717, 1.165) is 87.7 Å². The third-order valence-corrected chi connectivity index (χ3v) is 7.67. The van der Waals surface area contributed by atoms with Gasteiger partial charge in [-0.15, -0.1) is 23.5 Å². The summed E-state index contributed by atoms with van der Waals surface area (Å²) in [5.41, 5.74) is -2.19. The zero-order valence-electron chi connectivity index (χ0n) is 19.2. The zero-order chi connectivity index (χ0) is 23.9. The van der Waals surface area contributed by atoms with Crippen molar-refractivity contribution in [1.29, 1.82) is 0 Å². The second-order valence-electron chi connectivity index (χ2n) is 7.88. The van der Waals surface area contributed by atoms with E-state index in [0.29, 0.717) is 11.5 Å². The van der Waals surface area contributed by atoms with Gasteiger partial charge in [0.05, 0.1) is 9.79 Å². The summed E-state index contributed by atoms with van der Waals surface area (Å²) in [6.45, 7) is 4.27. The molecule has 1 aromatic rings. The van der Waals surface area contributed by atoms with Crippen molar-refractivity contribution in [1.82, 2.24) is 0 Å². The van der Waals surface area contributed by atoms with Gasteiger partial charge in [0, 0.05) is 0 Å². The van der Waals surface area contributed by atoms with Crippen LogP contribution < -0.4 is 0 Å². The summed E-state index contributed by atoms with van der Waals surface area (Å²) in [7, 11) is 0. The number of unbranched alkanes of at least 4 members (excludes halogenated alkanes) is 10. The van der Waals surface area contributed by atoms with Crippen LogP contribution in [0.2, 0.25) is 0 Å². The van der Waals surface area contributed by atoms with E-state index in [1.54, 1.807) is 0 Å². The molecule has 1 rings (SSSR count). The Bertz CT molecular complexity index is 680. The van der Waals surface area contributed by atoms with Crippen LogP contribution in [-0.4, -0.2) is 33.7 Å². The van der Waals surface area contributed by atoms with Crippen molar-refractivity contribution in [2.75, 3.05) is 11.5 Å². The number of carbonyl (C=O) groups is 2. The third-order valence-electron chi connectivity index (χ3n) is 5.21. The third kappa shape index (κ3) is 9.30. The maximum Gasteiger partial charge on any atom is 0.339 e. The Morgan fingerprint density at radius 2 is 0.938 bits per heavy atom. The number of carboxylic acid groups (broad SMARTS) is 2. The van der Waals surface area contributed by atoms with Gasteiger partial charge in [0.15, 0.2) is 11.6 Å². The van der Waals surface area contributed by atoms with Crippen LogP contribution in [0.25, 0.3) is 0 Å². The second-order valence-corrected chi connectivity index (χ2v) is 10.1. The average molecular weight is 491 g/mol. The number of aromatic carboxylic acids is 2. The predicted molar refractivity (Wildman–Crippen MR) is 128 cm³/mol. The van der Waals surface area contributed by atoms with Crippen molar-refractivity contribution in [3.8, 4) is 0 Å². The van der Waals surface area contributed by atoms with Gasteiger partial charge in [-0.1, -0.05) is 78.1 Å². The number of benzene rings is 1. The first-order valence-electron chi connectivity index (χ1n) is 11.6. The van der Waals surface area contributed by atoms with E-state index in [4.69, 9.17) is 0 Å². The summed E-state index contributed by atoms with van der Waals surface area (Å²) in [4.78, 5) is 22.9. The van der Waals surface area contributed by atoms with E-state index >= 15 is 8.78 Å². The summed E-state index contributed by atoms with van der Waals surface area (Å²) in [5.74, 6) is -4.77. The lowest BCUT2D eigenvalue weighted by atomic mass is 10.1. The first-order chi connectivity index (χ1) is 15.4. The summed E-state index contributed by atoms with van der Waals surface area (Å²) in [6.07, 6.45) is 12.6. The molecule has 0 atom stereocenters. The molecular formula is C24H36F2O4S2. The molecule has 0 saturated carbocycles. The Balaban J connectivity index is 2.98. The van der Waals surface area contributed by atoms with E-state index in [1.165, 1.54) is 12.8 Å². The van der Waals surface area contributed by atoms with Gasteiger partial charge < -0.3 is 10.2 Å². The van der Waals surface area contributed by atoms with Crippen molar-refractivity contribution >= 4 is 35.5 Å². The van der Waals surface area contributed by atoms with Gasteiger partial charge in [-0.25, -0.2) is 18.4 Å². The molecule has 0 spiro atoms. The maximum absolute atomic E-state index is 15.1. The molecule has 0 unspecified atom stereocenters. The molecule has 0 bridgehead atoms. The van der Waals surface area contributed by atoms with Crippen molar-refractivity contribution in [2.45, 2.75) is 101 Å². The van der Waals surface area contributed by atoms with Crippen LogP contribution in [0.1, 0.15) is 112 Å². The Kier molecular flexibility index (Phi) is 14.7. The molecule has 0 heterocycles. The van der Waals surface area contributed by atoms with Crippen LogP contribution in [0.3, 0.4) is 0 Å². The van der Waals surface area contributed by atoms with E-state index in [1.807, 2.05) is 0 Å². The van der Waals surface area contributed by atoms with Gasteiger partial charge in [0.1, 0.15) is 11.1 Å². The highest BCUT2D eigenvalue weighted by Gasteiger charge is 2.32. The molecule has 1 aromatic carbocycles. The standard InChI is InChI=1S/C24H36F2O4S2/c1-3-5-7-9-11-13-15-31-21-19(25)17(23(27)28)18(24(29)30)20(26)22(21)32-16-14-12-10-8-6-4-2/h3-16H2,1-2H3,(H,27,28)(H,29,30). The summed E-state index contributed by atoms with van der Waals surface area (Å²) in [6, 6.07) is 0. The minimum absolute atomic E-state index is 0.0746. The summed E-state index contributed by atoms with van der Waals surface area (Å²) in [5, 5.41) is 18.7. The van der Waals surface area contributed by atoms with Crippen molar-refractivity contribution in [3.05, 3.63) is 22.8 Å². The van der Waals surface area contributed by atoms with Crippen LogP contribution >= 0.6 is 23.5 Å². The van der Waals surface area contributed by atoms with Gasteiger partial charge in [0.2, 0.25) is 0 Å². The Morgan fingerprint density at radius 3 is 1.25 bits per heavy atom. The Labute approximate surface area is 198 Å². The molecule has 8 heteroatoms. The first kappa shape index (κ1) is 28.8. The van der Waals surface area contributed by atoms with Crippen molar-refractivity contribution in [3.63, 3.8) is 0 Å². The van der Waals surface area contributed by atoms with Crippen molar-refractivity contribution < 1.29 is 28.6 Å². The molecule has 182 valence electrons. The molecular weight excluding hydrogens is 454 g/mol. The van der Waals surface area contributed by atoms with Gasteiger partial charge in [0.25, 0.3) is 0 Å². The molecule has 0 saturated heterocycles.